The maximum absolute atomic E-state index is 11.4. The van der Waals surface area contributed by atoms with Crippen LogP contribution in [0, 0.1) is 6.92 Å². The van der Waals surface area contributed by atoms with Crippen LogP contribution in [-0.2, 0) is 0 Å². The van der Waals surface area contributed by atoms with Crippen LogP contribution >= 0.6 is 0 Å². The third kappa shape index (κ3) is 1.25. The van der Waals surface area contributed by atoms with Crippen molar-refractivity contribution in [3.05, 3.63) is 29.5 Å². The van der Waals surface area contributed by atoms with E-state index in [-0.39, 0.29) is 5.91 Å². The first-order valence-electron chi connectivity index (χ1n) is 4.39. The molecule has 0 saturated carbocycles. The van der Waals surface area contributed by atoms with Crippen LogP contribution in [0.3, 0.4) is 0 Å². The third-order valence-electron chi connectivity index (χ3n) is 2.16. The number of aromatic nitrogens is 2. The Morgan fingerprint density at radius 1 is 1.50 bits per heavy atom. The predicted octanol–water partition coefficient (Wildman–Crippen LogP) is 1.23. The molecule has 0 aliphatic heterocycles. The Bertz CT molecular complexity index is 487. The standard InChI is InChI=1S/C10H11N3O/c1-6-3-4-8-7(5-6)9(13-12-8)10(14)11-2/h3-5H,1-2H3,(H,11,14)(H,12,13). The summed E-state index contributed by atoms with van der Waals surface area (Å²) in [5.74, 6) is -0.165. The van der Waals surface area contributed by atoms with Gasteiger partial charge in [-0.3, -0.25) is 9.89 Å². The second-order valence-electron chi connectivity index (χ2n) is 3.20. The second kappa shape index (κ2) is 3.14. The van der Waals surface area contributed by atoms with Gasteiger partial charge in [-0.25, -0.2) is 0 Å². The van der Waals surface area contributed by atoms with Crippen LogP contribution in [-0.4, -0.2) is 23.2 Å². The summed E-state index contributed by atoms with van der Waals surface area (Å²) in [6, 6.07) is 5.85. The number of aryl methyl sites for hydroxylation is 1. The van der Waals surface area contributed by atoms with Crippen molar-refractivity contribution in [1.29, 1.82) is 0 Å². The Balaban J connectivity index is 2.67. The summed E-state index contributed by atoms with van der Waals surface area (Å²) in [7, 11) is 1.60. The van der Waals surface area contributed by atoms with Crippen molar-refractivity contribution in [3.63, 3.8) is 0 Å². The molecule has 1 heterocycles. The summed E-state index contributed by atoms with van der Waals surface area (Å²) >= 11 is 0. The molecule has 0 saturated heterocycles. The van der Waals surface area contributed by atoms with Crippen molar-refractivity contribution in [1.82, 2.24) is 15.5 Å². The molecule has 72 valence electrons. The van der Waals surface area contributed by atoms with Gasteiger partial charge < -0.3 is 5.32 Å². The number of benzene rings is 1. The quantitative estimate of drug-likeness (QED) is 0.708. The number of hydrogen-bond acceptors (Lipinski definition) is 2. The van der Waals surface area contributed by atoms with Gasteiger partial charge in [0.2, 0.25) is 0 Å². The average Bonchev–Trinajstić information content (AvgIpc) is 2.59. The van der Waals surface area contributed by atoms with E-state index in [1.165, 1.54) is 0 Å². The molecule has 1 aromatic carbocycles. The van der Waals surface area contributed by atoms with E-state index in [0.717, 1.165) is 16.5 Å². The number of nitrogens with one attached hydrogen (secondary N) is 2. The number of nitrogens with zero attached hydrogens (tertiary/aromatic N) is 1. The minimum atomic E-state index is -0.165. The number of H-pyrrole nitrogens is 1. The minimum Gasteiger partial charge on any atom is -0.354 e. The minimum absolute atomic E-state index is 0.165. The molecule has 2 aromatic rings. The zero-order valence-corrected chi connectivity index (χ0v) is 8.09. The van der Waals surface area contributed by atoms with Gasteiger partial charge in [0.1, 0.15) is 0 Å². The fraction of sp³-hybridized carbons (Fsp3) is 0.200. The molecule has 0 fully saturated rings. The molecule has 0 unspecified atom stereocenters. The van der Waals surface area contributed by atoms with Gasteiger partial charge in [0, 0.05) is 12.4 Å². The van der Waals surface area contributed by atoms with Crippen molar-refractivity contribution in [2.45, 2.75) is 6.92 Å². The summed E-state index contributed by atoms with van der Waals surface area (Å²) in [5.41, 5.74) is 2.45. The number of hydrogen-bond donors (Lipinski definition) is 2. The first kappa shape index (κ1) is 8.74. The van der Waals surface area contributed by atoms with Gasteiger partial charge in [-0.1, -0.05) is 11.6 Å². The zero-order valence-electron chi connectivity index (χ0n) is 8.09. The van der Waals surface area contributed by atoms with Crippen molar-refractivity contribution in [2.75, 3.05) is 7.05 Å². The number of aromatic amines is 1. The van der Waals surface area contributed by atoms with Gasteiger partial charge in [0.15, 0.2) is 5.69 Å². The highest BCUT2D eigenvalue weighted by atomic mass is 16.1. The molecule has 14 heavy (non-hydrogen) atoms. The number of amides is 1. The maximum Gasteiger partial charge on any atom is 0.272 e. The molecule has 0 aliphatic rings. The van der Waals surface area contributed by atoms with Crippen LogP contribution in [0.5, 0.6) is 0 Å². The van der Waals surface area contributed by atoms with E-state index in [1.54, 1.807) is 7.05 Å². The first-order valence-corrected chi connectivity index (χ1v) is 4.39. The lowest BCUT2D eigenvalue weighted by Gasteiger charge is -1.96. The van der Waals surface area contributed by atoms with Gasteiger partial charge in [-0.2, -0.15) is 5.10 Å². The zero-order chi connectivity index (χ0) is 10.1. The van der Waals surface area contributed by atoms with Gasteiger partial charge in [-0.15, -0.1) is 0 Å². The molecular formula is C10H11N3O. The van der Waals surface area contributed by atoms with Gasteiger partial charge in [-0.05, 0) is 19.1 Å². The summed E-state index contributed by atoms with van der Waals surface area (Å²) < 4.78 is 0. The number of fused-ring (bicyclic) bond motifs is 1. The monoisotopic (exact) mass is 189 g/mol. The molecule has 0 aliphatic carbocycles. The van der Waals surface area contributed by atoms with E-state index in [4.69, 9.17) is 0 Å². The van der Waals surface area contributed by atoms with Crippen molar-refractivity contribution in [2.24, 2.45) is 0 Å². The molecule has 2 N–H and O–H groups in total. The van der Waals surface area contributed by atoms with Crippen molar-refractivity contribution < 1.29 is 4.79 Å². The topological polar surface area (TPSA) is 57.8 Å². The summed E-state index contributed by atoms with van der Waals surface area (Å²) in [6.45, 7) is 1.99. The first-order chi connectivity index (χ1) is 6.72. The third-order valence-corrected chi connectivity index (χ3v) is 2.16. The van der Waals surface area contributed by atoms with E-state index >= 15 is 0 Å². The summed E-state index contributed by atoms with van der Waals surface area (Å²) in [6.07, 6.45) is 0. The smallest absolute Gasteiger partial charge is 0.272 e. The van der Waals surface area contributed by atoms with Gasteiger partial charge >= 0.3 is 0 Å². The van der Waals surface area contributed by atoms with Crippen LogP contribution in [0.2, 0.25) is 0 Å². The normalized spacial score (nSPS) is 10.4. The molecule has 4 heteroatoms. The highest BCUT2D eigenvalue weighted by Crippen LogP contribution is 2.16. The second-order valence-corrected chi connectivity index (χ2v) is 3.20. The SMILES string of the molecule is CNC(=O)c1n[nH]c2ccc(C)cc12. The van der Waals surface area contributed by atoms with Gasteiger partial charge in [0.05, 0.1) is 5.52 Å². The van der Waals surface area contributed by atoms with Crippen LogP contribution in [0.25, 0.3) is 10.9 Å². The highest BCUT2D eigenvalue weighted by Gasteiger charge is 2.11. The number of rotatable bonds is 1. The molecule has 0 bridgehead atoms. The fourth-order valence-electron chi connectivity index (χ4n) is 1.42. The summed E-state index contributed by atoms with van der Waals surface area (Å²) in [5, 5.41) is 10.2. The van der Waals surface area contributed by atoms with E-state index in [1.807, 2.05) is 25.1 Å². The highest BCUT2D eigenvalue weighted by molar-refractivity contribution is 6.04. The lowest BCUT2D eigenvalue weighted by Crippen LogP contribution is -2.18. The number of carbonyl (C=O) groups is 1. The Morgan fingerprint density at radius 3 is 3.00 bits per heavy atom. The van der Waals surface area contributed by atoms with E-state index < -0.39 is 0 Å². The van der Waals surface area contributed by atoms with E-state index in [2.05, 4.69) is 15.5 Å². The predicted molar refractivity (Wildman–Crippen MR) is 54.2 cm³/mol. The lowest BCUT2D eigenvalue weighted by molar-refractivity contribution is 0.0959. The molecule has 4 nitrogen and oxygen atoms in total. The van der Waals surface area contributed by atoms with Crippen LogP contribution in [0.15, 0.2) is 18.2 Å². The number of carbonyl (C=O) groups excluding carboxylic acids is 1. The van der Waals surface area contributed by atoms with Crippen molar-refractivity contribution >= 4 is 16.8 Å². The maximum atomic E-state index is 11.4. The average molecular weight is 189 g/mol. The molecule has 0 atom stereocenters. The molecule has 1 aromatic heterocycles. The van der Waals surface area contributed by atoms with Crippen molar-refractivity contribution in [3.8, 4) is 0 Å². The van der Waals surface area contributed by atoms with Crippen LogP contribution in [0.1, 0.15) is 16.1 Å². The van der Waals surface area contributed by atoms with E-state index in [0.29, 0.717) is 5.69 Å². The van der Waals surface area contributed by atoms with E-state index in [9.17, 15) is 4.79 Å². The Morgan fingerprint density at radius 2 is 2.29 bits per heavy atom. The van der Waals surface area contributed by atoms with Gasteiger partial charge in [0.25, 0.3) is 5.91 Å². The Labute approximate surface area is 81.3 Å². The molecule has 2 rings (SSSR count). The Hall–Kier alpha value is -1.84. The lowest BCUT2D eigenvalue weighted by atomic mass is 10.1. The van der Waals surface area contributed by atoms with Crippen LogP contribution < -0.4 is 5.32 Å². The van der Waals surface area contributed by atoms with Crippen LogP contribution in [0.4, 0.5) is 0 Å². The Kier molecular flexibility index (Phi) is 1.96. The molecule has 0 radical (unpaired) electrons. The fourth-order valence-corrected chi connectivity index (χ4v) is 1.42. The largest absolute Gasteiger partial charge is 0.354 e. The molecular weight excluding hydrogens is 178 g/mol. The summed E-state index contributed by atoms with van der Waals surface area (Å²) in [4.78, 5) is 11.4. The molecule has 0 spiro atoms. The molecule has 1 amide bonds.